The molecule has 0 spiro atoms. The first-order chi connectivity index (χ1) is 10.7. The zero-order valence-electron chi connectivity index (χ0n) is 13.4. The third-order valence-corrected chi connectivity index (χ3v) is 3.72. The first-order valence-corrected chi connectivity index (χ1v) is 7.91. The maximum absolute atomic E-state index is 12.2. The summed E-state index contributed by atoms with van der Waals surface area (Å²) in [6, 6.07) is 5.14. The predicted molar refractivity (Wildman–Crippen MR) is 86.8 cm³/mol. The monoisotopic (exact) mass is 304 g/mol. The molecular formula is C17H24N2O3. The second-order valence-corrected chi connectivity index (χ2v) is 5.33. The Morgan fingerprint density at radius 2 is 1.91 bits per heavy atom. The van der Waals surface area contributed by atoms with Crippen molar-refractivity contribution in [1.82, 2.24) is 5.43 Å². The molecule has 0 radical (unpaired) electrons. The van der Waals surface area contributed by atoms with Gasteiger partial charge in [-0.15, -0.1) is 0 Å². The average Bonchev–Trinajstić information content (AvgIpc) is 2.82. The van der Waals surface area contributed by atoms with Gasteiger partial charge in [-0.05, 0) is 50.8 Å². The van der Waals surface area contributed by atoms with Crippen molar-refractivity contribution in [1.29, 1.82) is 0 Å². The van der Waals surface area contributed by atoms with Crippen molar-refractivity contribution in [2.24, 2.45) is 5.10 Å². The molecule has 5 nitrogen and oxygen atoms in total. The molecule has 0 saturated heterocycles. The van der Waals surface area contributed by atoms with Gasteiger partial charge in [-0.3, -0.25) is 4.79 Å². The largest absolute Gasteiger partial charge is 0.493 e. The Bertz CT molecular complexity index is 531. The minimum Gasteiger partial charge on any atom is -0.493 e. The molecule has 5 heteroatoms. The number of hydrazone groups is 1. The van der Waals surface area contributed by atoms with Gasteiger partial charge in [-0.1, -0.05) is 12.8 Å². The maximum atomic E-state index is 12.2. The number of hydrogen-bond acceptors (Lipinski definition) is 4. The lowest BCUT2D eigenvalue weighted by Crippen LogP contribution is -2.19. The summed E-state index contributed by atoms with van der Waals surface area (Å²) < 4.78 is 10.7. The van der Waals surface area contributed by atoms with E-state index in [9.17, 15) is 4.79 Å². The molecule has 1 saturated carbocycles. The van der Waals surface area contributed by atoms with Crippen LogP contribution in [0.2, 0.25) is 0 Å². The average molecular weight is 304 g/mol. The second kappa shape index (κ2) is 8.41. The summed E-state index contributed by atoms with van der Waals surface area (Å²) in [6.07, 6.45) is 6.78. The molecule has 0 aliphatic heterocycles. The third-order valence-electron chi connectivity index (χ3n) is 3.72. The Labute approximate surface area is 131 Å². The van der Waals surface area contributed by atoms with E-state index in [4.69, 9.17) is 9.47 Å². The third kappa shape index (κ3) is 4.48. The lowest BCUT2D eigenvalue weighted by atomic mass is 10.2. The molecule has 0 aromatic heterocycles. The van der Waals surface area contributed by atoms with Crippen LogP contribution >= 0.6 is 0 Å². The molecule has 22 heavy (non-hydrogen) atoms. The normalized spacial score (nSPS) is 14.9. The van der Waals surface area contributed by atoms with E-state index in [2.05, 4.69) is 10.5 Å². The van der Waals surface area contributed by atoms with Crippen LogP contribution in [-0.2, 0) is 0 Å². The minimum atomic E-state index is -0.224. The summed E-state index contributed by atoms with van der Waals surface area (Å²) in [6.45, 7) is 2.46. The molecule has 120 valence electrons. The molecule has 1 N–H and O–H groups in total. The topological polar surface area (TPSA) is 59.9 Å². The first kappa shape index (κ1) is 16.3. The number of rotatable bonds is 5. The highest BCUT2D eigenvalue weighted by atomic mass is 16.5. The van der Waals surface area contributed by atoms with E-state index in [1.54, 1.807) is 25.3 Å². The van der Waals surface area contributed by atoms with Gasteiger partial charge in [0.2, 0.25) is 0 Å². The van der Waals surface area contributed by atoms with Gasteiger partial charge in [-0.25, -0.2) is 5.43 Å². The van der Waals surface area contributed by atoms with Gasteiger partial charge in [-0.2, -0.15) is 5.10 Å². The van der Waals surface area contributed by atoms with Crippen molar-refractivity contribution in [3.05, 3.63) is 23.8 Å². The smallest absolute Gasteiger partial charge is 0.271 e. The zero-order chi connectivity index (χ0) is 15.8. The number of nitrogens with one attached hydrogen (secondary N) is 1. The van der Waals surface area contributed by atoms with E-state index in [1.807, 2.05) is 6.92 Å². The summed E-state index contributed by atoms with van der Waals surface area (Å²) in [4.78, 5) is 12.2. The van der Waals surface area contributed by atoms with E-state index < -0.39 is 0 Å². The molecular weight excluding hydrogens is 280 g/mol. The summed E-state index contributed by atoms with van der Waals surface area (Å²) in [7, 11) is 1.56. The fourth-order valence-corrected chi connectivity index (χ4v) is 2.53. The fourth-order valence-electron chi connectivity index (χ4n) is 2.53. The number of amides is 1. The van der Waals surface area contributed by atoms with Crippen LogP contribution < -0.4 is 14.9 Å². The van der Waals surface area contributed by atoms with Crippen LogP contribution in [0.4, 0.5) is 0 Å². The molecule has 0 unspecified atom stereocenters. The van der Waals surface area contributed by atoms with Gasteiger partial charge in [0.15, 0.2) is 11.5 Å². The molecule has 0 atom stereocenters. The fraction of sp³-hybridized carbons (Fsp3) is 0.529. The van der Waals surface area contributed by atoms with Gasteiger partial charge in [0, 0.05) is 11.3 Å². The number of benzene rings is 1. The summed E-state index contributed by atoms with van der Waals surface area (Å²) >= 11 is 0. The molecule has 1 aromatic rings. The van der Waals surface area contributed by atoms with Crippen molar-refractivity contribution >= 4 is 11.6 Å². The Kier molecular flexibility index (Phi) is 6.25. The maximum Gasteiger partial charge on any atom is 0.271 e. The van der Waals surface area contributed by atoms with Crippen LogP contribution in [0.25, 0.3) is 0 Å². The molecule has 1 aliphatic rings. The van der Waals surface area contributed by atoms with Gasteiger partial charge >= 0.3 is 0 Å². The zero-order valence-corrected chi connectivity index (χ0v) is 13.4. The standard InChI is InChI=1S/C17H24N2O3/c1-3-22-15-11-10-13(12-16(15)21-2)17(20)19-18-14-8-6-4-5-7-9-14/h10-12H,3-9H2,1-2H3,(H,19,20). The Morgan fingerprint density at radius 1 is 1.18 bits per heavy atom. The van der Waals surface area contributed by atoms with Gasteiger partial charge in [0.25, 0.3) is 5.91 Å². The molecule has 1 aromatic carbocycles. The molecule has 1 amide bonds. The van der Waals surface area contributed by atoms with Gasteiger partial charge in [0.05, 0.1) is 13.7 Å². The van der Waals surface area contributed by atoms with Crippen LogP contribution in [0.1, 0.15) is 55.8 Å². The molecule has 1 fully saturated rings. The van der Waals surface area contributed by atoms with E-state index >= 15 is 0 Å². The number of nitrogens with zero attached hydrogens (tertiary/aromatic N) is 1. The molecule has 0 heterocycles. The lowest BCUT2D eigenvalue weighted by molar-refractivity contribution is 0.0954. The van der Waals surface area contributed by atoms with E-state index in [0.717, 1.165) is 31.4 Å². The van der Waals surface area contributed by atoms with E-state index in [0.29, 0.717) is 23.7 Å². The number of carbonyl (C=O) groups is 1. The van der Waals surface area contributed by atoms with Crippen molar-refractivity contribution in [3.63, 3.8) is 0 Å². The van der Waals surface area contributed by atoms with Gasteiger partial charge in [0.1, 0.15) is 0 Å². The number of methoxy groups -OCH3 is 1. The van der Waals surface area contributed by atoms with Crippen molar-refractivity contribution in [2.75, 3.05) is 13.7 Å². The summed E-state index contributed by atoms with van der Waals surface area (Å²) in [5, 5.41) is 4.28. The molecule has 1 aliphatic carbocycles. The highest BCUT2D eigenvalue weighted by Gasteiger charge is 2.11. The highest BCUT2D eigenvalue weighted by Crippen LogP contribution is 2.28. The number of ether oxygens (including phenoxy) is 2. The van der Waals surface area contributed by atoms with Crippen LogP contribution in [0.3, 0.4) is 0 Å². The van der Waals surface area contributed by atoms with E-state index in [1.165, 1.54) is 12.8 Å². The van der Waals surface area contributed by atoms with Crippen LogP contribution in [0.5, 0.6) is 11.5 Å². The number of hydrogen-bond donors (Lipinski definition) is 1. The first-order valence-electron chi connectivity index (χ1n) is 7.91. The second-order valence-electron chi connectivity index (χ2n) is 5.33. The SMILES string of the molecule is CCOc1ccc(C(=O)NN=C2CCCCCC2)cc1OC. The van der Waals surface area contributed by atoms with E-state index in [-0.39, 0.29) is 5.91 Å². The number of carbonyl (C=O) groups excluding carboxylic acids is 1. The van der Waals surface area contributed by atoms with Gasteiger partial charge < -0.3 is 9.47 Å². The summed E-state index contributed by atoms with van der Waals surface area (Å²) in [5.41, 5.74) is 4.25. The highest BCUT2D eigenvalue weighted by molar-refractivity contribution is 5.96. The lowest BCUT2D eigenvalue weighted by Gasteiger charge is -2.10. The molecule has 2 rings (SSSR count). The Balaban J connectivity index is 2.04. The van der Waals surface area contributed by atoms with Crippen molar-refractivity contribution in [2.45, 2.75) is 45.4 Å². The van der Waals surface area contributed by atoms with Crippen molar-refractivity contribution < 1.29 is 14.3 Å². The predicted octanol–water partition coefficient (Wildman–Crippen LogP) is 3.53. The summed E-state index contributed by atoms with van der Waals surface area (Å²) in [5.74, 6) is 0.964. The Hall–Kier alpha value is -2.04. The van der Waals surface area contributed by atoms with Crippen molar-refractivity contribution in [3.8, 4) is 11.5 Å². The quantitative estimate of drug-likeness (QED) is 0.668. The van der Waals surface area contributed by atoms with Crippen LogP contribution in [-0.4, -0.2) is 25.3 Å². The minimum absolute atomic E-state index is 0.224. The van der Waals surface area contributed by atoms with Crippen LogP contribution in [0.15, 0.2) is 23.3 Å². The molecule has 0 bridgehead atoms. The Morgan fingerprint density at radius 3 is 2.55 bits per heavy atom. The van der Waals surface area contributed by atoms with Crippen LogP contribution in [0, 0.1) is 0 Å².